The molecule has 0 aliphatic rings. The maximum absolute atomic E-state index is 2.54. The topological polar surface area (TPSA) is 0 Å². The Morgan fingerprint density at radius 3 is 1.00 bits per heavy atom. The molecule has 0 aromatic heterocycles. The van der Waals surface area contributed by atoms with E-state index in [0.717, 1.165) is 0 Å². The first kappa shape index (κ1) is 21.0. The molecule has 0 N–H and O–H groups in total. The largest absolute Gasteiger partial charge is 0.0654 e. The fourth-order valence-electron chi connectivity index (χ4n) is 2.99. The van der Waals surface area contributed by atoms with E-state index in [9.17, 15) is 0 Å². The van der Waals surface area contributed by atoms with Crippen molar-refractivity contribution in [3.8, 4) is 0 Å². The van der Waals surface area contributed by atoms with Gasteiger partial charge in [0.2, 0.25) is 0 Å². The summed E-state index contributed by atoms with van der Waals surface area (Å²) in [7, 11) is 0. The molecule has 0 atom stereocenters. The zero-order valence-corrected chi connectivity index (χ0v) is 15.3. The molecule has 0 aliphatic heterocycles. The summed E-state index contributed by atoms with van der Waals surface area (Å²) in [6.45, 7) is 4.59. The van der Waals surface area contributed by atoms with Gasteiger partial charge in [0.1, 0.15) is 0 Å². The van der Waals surface area contributed by atoms with Crippen LogP contribution < -0.4 is 0 Å². The lowest BCUT2D eigenvalue weighted by atomic mass is 10.0. The van der Waals surface area contributed by atoms with Crippen LogP contribution in [0.4, 0.5) is 0 Å². The Bertz CT molecular complexity index is 143. The predicted octanol–water partition coefficient (Wildman–Crippen LogP) is 8.25. The first-order chi connectivity index (χ1) is 10.4. The van der Waals surface area contributed by atoms with E-state index in [-0.39, 0.29) is 0 Å². The average Bonchev–Trinajstić information content (AvgIpc) is 2.50. The molecule has 0 saturated heterocycles. The van der Waals surface area contributed by atoms with Gasteiger partial charge in [-0.15, -0.1) is 0 Å². The second-order valence-corrected chi connectivity index (χ2v) is 6.82. The summed E-state index contributed by atoms with van der Waals surface area (Å²) in [5.41, 5.74) is 0. The van der Waals surface area contributed by atoms with Gasteiger partial charge in [-0.1, -0.05) is 129 Å². The molecule has 0 aromatic carbocycles. The third-order valence-electron chi connectivity index (χ3n) is 4.52. The maximum atomic E-state index is 2.54. The minimum Gasteiger partial charge on any atom is -0.0654 e. The molecule has 21 heavy (non-hydrogen) atoms. The quantitative estimate of drug-likeness (QED) is 0.223. The van der Waals surface area contributed by atoms with E-state index in [4.69, 9.17) is 0 Å². The average molecular weight is 296 g/mol. The molecule has 0 unspecified atom stereocenters. The van der Waals surface area contributed by atoms with Crippen LogP contribution in [0.2, 0.25) is 0 Å². The van der Waals surface area contributed by atoms with Gasteiger partial charge >= 0.3 is 0 Å². The Hall–Kier alpha value is 0. The van der Waals surface area contributed by atoms with Gasteiger partial charge in [-0.3, -0.25) is 0 Å². The number of hydrogen-bond donors (Lipinski definition) is 0. The van der Waals surface area contributed by atoms with Crippen LogP contribution in [0.15, 0.2) is 0 Å². The zero-order valence-electron chi connectivity index (χ0n) is 15.3. The van der Waals surface area contributed by atoms with Crippen molar-refractivity contribution in [2.24, 2.45) is 0 Å². The van der Waals surface area contributed by atoms with Crippen LogP contribution >= 0.6 is 0 Å². The van der Waals surface area contributed by atoms with E-state index in [2.05, 4.69) is 20.3 Å². The minimum absolute atomic E-state index is 1.36. The molecule has 0 fully saturated rings. The van der Waals surface area contributed by atoms with Crippen molar-refractivity contribution in [2.45, 2.75) is 129 Å². The Balaban J connectivity index is 2.90. The summed E-state index contributed by atoms with van der Waals surface area (Å²) in [5, 5.41) is 0. The van der Waals surface area contributed by atoms with Crippen LogP contribution in [-0.4, -0.2) is 0 Å². The highest BCUT2D eigenvalue weighted by Crippen LogP contribution is 2.13. The van der Waals surface area contributed by atoms with Crippen molar-refractivity contribution in [1.82, 2.24) is 0 Å². The van der Waals surface area contributed by atoms with Crippen molar-refractivity contribution < 1.29 is 0 Å². The Labute approximate surface area is 136 Å². The predicted molar refractivity (Wildman–Crippen MR) is 98.8 cm³/mol. The molecule has 0 nitrogen and oxygen atoms in total. The highest BCUT2D eigenvalue weighted by Gasteiger charge is 1.94. The van der Waals surface area contributed by atoms with Gasteiger partial charge in [-0.05, 0) is 6.42 Å². The smallest absolute Gasteiger partial charge is 0.0386 e. The third-order valence-corrected chi connectivity index (χ3v) is 4.52. The number of unbranched alkanes of at least 4 members (excludes halogenated alkanes) is 18. The number of rotatable bonds is 18. The molecule has 1 radical (unpaired) electrons. The molecule has 0 aliphatic carbocycles. The number of hydrogen-bond acceptors (Lipinski definition) is 0. The molecule has 0 spiro atoms. The van der Waals surface area contributed by atoms with Crippen molar-refractivity contribution in [3.05, 3.63) is 6.42 Å². The van der Waals surface area contributed by atoms with Crippen LogP contribution in [-0.2, 0) is 0 Å². The van der Waals surface area contributed by atoms with E-state index in [1.807, 2.05) is 0 Å². The van der Waals surface area contributed by atoms with Crippen molar-refractivity contribution in [2.75, 3.05) is 0 Å². The van der Waals surface area contributed by atoms with Crippen LogP contribution in [0, 0.1) is 6.42 Å². The molecule has 0 bridgehead atoms. The van der Waals surface area contributed by atoms with Crippen molar-refractivity contribution >= 4 is 0 Å². The lowest BCUT2D eigenvalue weighted by Crippen LogP contribution is -1.84. The summed E-state index contributed by atoms with van der Waals surface area (Å²) in [6, 6.07) is 0. The van der Waals surface area contributed by atoms with Gasteiger partial charge in [-0.2, -0.15) is 0 Å². The van der Waals surface area contributed by atoms with Gasteiger partial charge in [-0.25, -0.2) is 0 Å². The molecule has 0 rings (SSSR count). The van der Waals surface area contributed by atoms with E-state index in [0.29, 0.717) is 0 Å². The minimum atomic E-state index is 1.36. The Morgan fingerprint density at radius 1 is 0.381 bits per heavy atom. The van der Waals surface area contributed by atoms with Gasteiger partial charge in [0, 0.05) is 0 Å². The summed E-state index contributed by atoms with van der Waals surface area (Å²) in [5.74, 6) is 0. The zero-order chi connectivity index (χ0) is 15.4. The lowest BCUT2D eigenvalue weighted by molar-refractivity contribution is 0.546. The first-order valence-corrected chi connectivity index (χ1v) is 10.2. The molecule has 0 heteroatoms. The molecule has 0 heterocycles. The van der Waals surface area contributed by atoms with Gasteiger partial charge in [0.15, 0.2) is 0 Å². The molecular weight excluding hydrogens is 252 g/mol. The standard InChI is InChI=1S/C21H43/c1-3-5-7-9-11-13-15-17-19-21-20-18-16-14-12-10-8-6-4-2/h15H,3-14,16-21H2,1-2H3. The molecule has 0 saturated carbocycles. The van der Waals surface area contributed by atoms with Gasteiger partial charge in [0.05, 0.1) is 0 Å². The molecule has 0 amide bonds. The molecule has 127 valence electrons. The Morgan fingerprint density at radius 2 is 0.667 bits per heavy atom. The van der Waals surface area contributed by atoms with Crippen LogP contribution in [0.1, 0.15) is 129 Å². The molecule has 0 aromatic rings. The van der Waals surface area contributed by atoms with Crippen LogP contribution in [0.25, 0.3) is 0 Å². The van der Waals surface area contributed by atoms with Crippen LogP contribution in [0.3, 0.4) is 0 Å². The molecular formula is C21H43. The van der Waals surface area contributed by atoms with Gasteiger partial charge in [0.25, 0.3) is 0 Å². The monoisotopic (exact) mass is 295 g/mol. The third kappa shape index (κ3) is 20.0. The van der Waals surface area contributed by atoms with E-state index >= 15 is 0 Å². The highest BCUT2D eigenvalue weighted by atomic mass is 14.0. The van der Waals surface area contributed by atoms with Crippen LogP contribution in [0.5, 0.6) is 0 Å². The summed E-state index contributed by atoms with van der Waals surface area (Å²) >= 11 is 0. The first-order valence-electron chi connectivity index (χ1n) is 10.2. The van der Waals surface area contributed by atoms with Crippen molar-refractivity contribution in [1.29, 1.82) is 0 Å². The fraction of sp³-hybridized carbons (Fsp3) is 0.952. The second-order valence-electron chi connectivity index (χ2n) is 6.82. The van der Waals surface area contributed by atoms with E-state index in [1.165, 1.54) is 116 Å². The summed E-state index contributed by atoms with van der Waals surface area (Å²) < 4.78 is 0. The van der Waals surface area contributed by atoms with Crippen molar-refractivity contribution in [3.63, 3.8) is 0 Å². The van der Waals surface area contributed by atoms with E-state index in [1.54, 1.807) is 0 Å². The summed E-state index contributed by atoms with van der Waals surface area (Å²) in [4.78, 5) is 0. The normalized spacial score (nSPS) is 11.1. The lowest BCUT2D eigenvalue weighted by Gasteiger charge is -2.03. The maximum Gasteiger partial charge on any atom is -0.0386 e. The summed E-state index contributed by atoms with van der Waals surface area (Å²) in [6.07, 6.45) is 28.4. The van der Waals surface area contributed by atoms with E-state index < -0.39 is 0 Å². The highest BCUT2D eigenvalue weighted by molar-refractivity contribution is 4.64. The van der Waals surface area contributed by atoms with Gasteiger partial charge < -0.3 is 0 Å². The SMILES string of the molecule is CCCCCCC[CH]CCCCCCCCCCCCC. The Kier molecular flexibility index (Phi) is 20.0. The second kappa shape index (κ2) is 20.0. The fourth-order valence-corrected chi connectivity index (χ4v) is 2.99.